The Morgan fingerprint density at radius 2 is 2.15 bits per heavy atom. The van der Waals surface area contributed by atoms with Gasteiger partial charge >= 0.3 is 0 Å². The van der Waals surface area contributed by atoms with Crippen LogP contribution < -0.4 is 11.1 Å². The fraction of sp³-hybridized carbons (Fsp3) is 0.733. The molecule has 1 aliphatic rings. The van der Waals surface area contributed by atoms with E-state index < -0.39 is 0 Å². The van der Waals surface area contributed by atoms with Gasteiger partial charge in [-0.1, -0.05) is 26.2 Å². The molecule has 1 aliphatic carbocycles. The molecule has 0 atom stereocenters. The lowest BCUT2D eigenvalue weighted by Crippen LogP contribution is -2.36. The van der Waals surface area contributed by atoms with E-state index >= 15 is 0 Å². The lowest BCUT2D eigenvalue weighted by atomic mass is 9.71. The van der Waals surface area contributed by atoms with Crippen molar-refractivity contribution in [3.05, 3.63) is 11.9 Å². The normalized spacial score (nSPS) is 17.9. The Morgan fingerprint density at radius 1 is 1.45 bits per heavy atom. The molecule has 5 nitrogen and oxygen atoms in total. The molecule has 0 unspecified atom stereocenters. The Kier molecular flexibility index (Phi) is 4.81. The van der Waals surface area contributed by atoms with Gasteiger partial charge in [0.25, 0.3) is 0 Å². The van der Waals surface area contributed by atoms with Gasteiger partial charge in [-0.05, 0) is 31.2 Å². The van der Waals surface area contributed by atoms with Crippen molar-refractivity contribution in [3.63, 3.8) is 0 Å². The molecule has 1 amide bonds. The summed E-state index contributed by atoms with van der Waals surface area (Å²) in [5.74, 6) is 0.0695. The highest BCUT2D eigenvalue weighted by molar-refractivity contribution is 5.91. The Labute approximate surface area is 120 Å². The van der Waals surface area contributed by atoms with E-state index in [2.05, 4.69) is 10.4 Å². The van der Waals surface area contributed by atoms with Gasteiger partial charge in [-0.2, -0.15) is 5.10 Å². The number of amides is 1. The van der Waals surface area contributed by atoms with Gasteiger partial charge in [-0.25, -0.2) is 0 Å². The number of carbonyl (C=O) groups is 1. The van der Waals surface area contributed by atoms with Crippen LogP contribution in [0.15, 0.2) is 6.20 Å². The van der Waals surface area contributed by atoms with Crippen LogP contribution in [0.1, 0.15) is 51.1 Å². The molecule has 0 radical (unpaired) electrons. The molecule has 1 aromatic heterocycles. The minimum atomic E-state index is 0.0108. The fourth-order valence-electron chi connectivity index (χ4n) is 3.19. The van der Waals surface area contributed by atoms with Crippen LogP contribution in [-0.2, 0) is 18.3 Å². The summed E-state index contributed by atoms with van der Waals surface area (Å²) in [4.78, 5) is 12.3. The van der Waals surface area contributed by atoms with Crippen LogP contribution in [-0.4, -0.2) is 22.2 Å². The van der Waals surface area contributed by atoms with Crippen LogP contribution in [0, 0.1) is 5.41 Å². The van der Waals surface area contributed by atoms with Crippen LogP contribution in [0.2, 0.25) is 0 Å². The molecule has 0 aliphatic heterocycles. The molecule has 0 spiro atoms. The lowest BCUT2D eigenvalue weighted by Gasteiger charge is -2.35. The average Bonchev–Trinajstić information content (AvgIpc) is 2.79. The topological polar surface area (TPSA) is 72.9 Å². The van der Waals surface area contributed by atoms with Crippen LogP contribution >= 0.6 is 0 Å². The molecular formula is C15H26N4O. The Bertz CT molecular complexity index is 460. The number of aromatic nitrogens is 2. The first-order valence-electron chi connectivity index (χ1n) is 7.61. The van der Waals surface area contributed by atoms with Gasteiger partial charge in [0.05, 0.1) is 11.4 Å². The van der Waals surface area contributed by atoms with Crippen molar-refractivity contribution in [1.29, 1.82) is 0 Å². The van der Waals surface area contributed by atoms with E-state index in [1.165, 1.54) is 19.3 Å². The van der Waals surface area contributed by atoms with E-state index in [0.29, 0.717) is 13.0 Å². The largest absolute Gasteiger partial charge is 0.330 e. The number of aryl methyl sites for hydroxylation is 2. The predicted octanol–water partition coefficient (Wildman–Crippen LogP) is 2.22. The number of nitrogens with zero attached hydrogens (tertiary/aromatic N) is 2. The Balaban J connectivity index is 2.00. The molecule has 20 heavy (non-hydrogen) atoms. The number of nitrogens with two attached hydrogens (primary N) is 1. The maximum Gasteiger partial charge on any atom is 0.225 e. The van der Waals surface area contributed by atoms with Crippen molar-refractivity contribution < 1.29 is 4.79 Å². The summed E-state index contributed by atoms with van der Waals surface area (Å²) in [5, 5.41) is 7.35. The molecule has 1 saturated carbocycles. The summed E-state index contributed by atoms with van der Waals surface area (Å²) in [6.45, 7) is 2.65. The summed E-state index contributed by atoms with van der Waals surface area (Å²) in [5.41, 5.74) is 7.73. The molecule has 1 aromatic rings. The number of nitrogens with one attached hydrogen (secondary N) is 1. The predicted molar refractivity (Wildman–Crippen MR) is 80.4 cm³/mol. The molecular weight excluding hydrogens is 252 g/mol. The fourth-order valence-corrected chi connectivity index (χ4v) is 3.19. The minimum Gasteiger partial charge on any atom is -0.330 e. The SMILES string of the molecule is CCc1nn(C)cc1NC(=O)CC1(CN)CCCCC1. The summed E-state index contributed by atoms with van der Waals surface area (Å²) in [6.07, 6.45) is 9.02. The second-order valence-electron chi connectivity index (χ2n) is 6.01. The van der Waals surface area contributed by atoms with Crippen molar-refractivity contribution in [2.24, 2.45) is 18.2 Å². The van der Waals surface area contributed by atoms with Crippen molar-refractivity contribution in [3.8, 4) is 0 Å². The first kappa shape index (κ1) is 15.0. The zero-order valence-corrected chi connectivity index (χ0v) is 12.6. The summed E-state index contributed by atoms with van der Waals surface area (Å²) >= 11 is 0. The van der Waals surface area contributed by atoms with Gasteiger partial charge < -0.3 is 11.1 Å². The molecule has 2 rings (SSSR count). The first-order valence-corrected chi connectivity index (χ1v) is 7.61. The highest BCUT2D eigenvalue weighted by Crippen LogP contribution is 2.38. The number of rotatable bonds is 5. The van der Waals surface area contributed by atoms with Gasteiger partial charge in [0.15, 0.2) is 0 Å². The molecule has 112 valence electrons. The molecule has 0 bridgehead atoms. The van der Waals surface area contributed by atoms with E-state index in [1.54, 1.807) is 4.68 Å². The zero-order valence-electron chi connectivity index (χ0n) is 12.6. The molecule has 0 aromatic carbocycles. The minimum absolute atomic E-state index is 0.0108. The summed E-state index contributed by atoms with van der Waals surface area (Å²) in [6, 6.07) is 0. The number of hydrogen-bond acceptors (Lipinski definition) is 3. The van der Waals surface area contributed by atoms with Crippen LogP contribution in [0.3, 0.4) is 0 Å². The quantitative estimate of drug-likeness (QED) is 0.867. The standard InChI is InChI=1S/C15H26N4O/c1-3-12-13(10-19(2)18-12)17-14(20)9-15(11-16)7-5-4-6-8-15/h10H,3-9,11,16H2,1-2H3,(H,17,20). The van der Waals surface area contributed by atoms with Gasteiger partial charge in [-0.3, -0.25) is 9.48 Å². The monoisotopic (exact) mass is 278 g/mol. The molecule has 1 fully saturated rings. The van der Waals surface area contributed by atoms with Crippen LogP contribution in [0.5, 0.6) is 0 Å². The smallest absolute Gasteiger partial charge is 0.225 e. The van der Waals surface area contributed by atoms with E-state index in [4.69, 9.17) is 5.73 Å². The third kappa shape index (κ3) is 3.39. The summed E-state index contributed by atoms with van der Waals surface area (Å²) in [7, 11) is 1.87. The average molecular weight is 278 g/mol. The van der Waals surface area contributed by atoms with E-state index in [9.17, 15) is 4.79 Å². The van der Waals surface area contributed by atoms with Crippen molar-refractivity contribution >= 4 is 11.6 Å². The van der Waals surface area contributed by atoms with Crippen LogP contribution in [0.4, 0.5) is 5.69 Å². The first-order chi connectivity index (χ1) is 9.58. The van der Waals surface area contributed by atoms with Gasteiger partial charge in [0, 0.05) is 19.7 Å². The molecule has 0 saturated heterocycles. The third-order valence-corrected chi connectivity index (χ3v) is 4.40. The van der Waals surface area contributed by atoms with Crippen LogP contribution in [0.25, 0.3) is 0 Å². The highest BCUT2D eigenvalue weighted by atomic mass is 16.1. The highest BCUT2D eigenvalue weighted by Gasteiger charge is 2.33. The van der Waals surface area contributed by atoms with Crippen molar-refractivity contribution in [2.75, 3.05) is 11.9 Å². The maximum atomic E-state index is 12.3. The van der Waals surface area contributed by atoms with E-state index in [0.717, 1.165) is 30.6 Å². The van der Waals surface area contributed by atoms with Crippen molar-refractivity contribution in [2.45, 2.75) is 51.9 Å². The van der Waals surface area contributed by atoms with Gasteiger partial charge in [-0.15, -0.1) is 0 Å². The van der Waals surface area contributed by atoms with Gasteiger partial charge in [0.2, 0.25) is 5.91 Å². The Morgan fingerprint density at radius 3 is 2.75 bits per heavy atom. The van der Waals surface area contributed by atoms with E-state index in [-0.39, 0.29) is 11.3 Å². The van der Waals surface area contributed by atoms with Gasteiger partial charge in [0.1, 0.15) is 0 Å². The number of hydrogen-bond donors (Lipinski definition) is 2. The number of anilines is 1. The second kappa shape index (κ2) is 6.39. The molecule has 3 N–H and O–H groups in total. The lowest BCUT2D eigenvalue weighted by molar-refractivity contribution is -0.118. The van der Waals surface area contributed by atoms with Crippen molar-refractivity contribution in [1.82, 2.24) is 9.78 Å². The molecule has 1 heterocycles. The zero-order chi connectivity index (χ0) is 14.6. The Hall–Kier alpha value is -1.36. The van der Waals surface area contributed by atoms with E-state index in [1.807, 2.05) is 20.2 Å². The third-order valence-electron chi connectivity index (χ3n) is 4.40. The summed E-state index contributed by atoms with van der Waals surface area (Å²) < 4.78 is 1.74. The second-order valence-corrected chi connectivity index (χ2v) is 6.01. The maximum absolute atomic E-state index is 12.3. The number of carbonyl (C=O) groups excluding carboxylic acids is 1. The molecule has 5 heteroatoms.